The zero-order valence-corrected chi connectivity index (χ0v) is 20.0. The molecule has 32 heavy (non-hydrogen) atoms. The van der Waals surface area contributed by atoms with Crippen LogP contribution in [0.5, 0.6) is 0 Å². The Morgan fingerprint density at radius 2 is 1.94 bits per heavy atom. The average Bonchev–Trinajstić information content (AvgIpc) is 3.47. The SMILES string of the molecule is C=CCn1c(SCC(=O)Nc2sc3c(c2C#N)CCC3)nc2c3c(sc2c1=O)CCCC3. The number of thioether (sulfide) groups is 1. The monoisotopic (exact) mass is 482 g/mol. The lowest BCUT2D eigenvalue weighted by molar-refractivity contribution is -0.113. The lowest BCUT2D eigenvalue weighted by atomic mass is 9.98. The Bertz CT molecular complexity index is 1340. The third-order valence-electron chi connectivity index (χ3n) is 5.95. The summed E-state index contributed by atoms with van der Waals surface area (Å²) in [6, 6.07) is 2.26. The van der Waals surface area contributed by atoms with E-state index >= 15 is 0 Å². The topological polar surface area (TPSA) is 87.8 Å². The van der Waals surface area contributed by atoms with Crippen molar-refractivity contribution in [2.45, 2.75) is 56.6 Å². The van der Waals surface area contributed by atoms with Gasteiger partial charge in [0, 0.05) is 16.3 Å². The number of allylic oxidation sites excluding steroid dienone is 1. The lowest BCUT2D eigenvalue weighted by Crippen LogP contribution is -2.23. The molecule has 0 radical (unpaired) electrons. The number of carbonyl (C=O) groups is 1. The molecule has 2 aliphatic carbocycles. The highest BCUT2D eigenvalue weighted by Gasteiger charge is 2.24. The van der Waals surface area contributed by atoms with E-state index in [0.29, 0.717) is 27.0 Å². The van der Waals surface area contributed by atoms with E-state index in [-0.39, 0.29) is 17.2 Å². The van der Waals surface area contributed by atoms with Gasteiger partial charge < -0.3 is 5.32 Å². The van der Waals surface area contributed by atoms with E-state index in [4.69, 9.17) is 4.98 Å². The van der Waals surface area contributed by atoms with Crippen molar-refractivity contribution in [2.24, 2.45) is 0 Å². The van der Waals surface area contributed by atoms with E-state index in [9.17, 15) is 14.9 Å². The van der Waals surface area contributed by atoms with Crippen LogP contribution in [0.1, 0.15) is 45.7 Å². The number of nitrogens with zero attached hydrogens (tertiary/aromatic N) is 3. The second kappa shape index (κ2) is 8.85. The fourth-order valence-electron chi connectivity index (χ4n) is 4.48. The third kappa shape index (κ3) is 3.70. The second-order valence-electron chi connectivity index (χ2n) is 8.00. The summed E-state index contributed by atoms with van der Waals surface area (Å²) in [5.41, 5.74) is 3.65. The largest absolute Gasteiger partial charge is 0.316 e. The fourth-order valence-corrected chi connectivity index (χ4v) is 7.82. The molecule has 2 aliphatic rings. The molecule has 0 bridgehead atoms. The number of aryl methyl sites for hydroxylation is 3. The van der Waals surface area contributed by atoms with Crippen molar-refractivity contribution < 1.29 is 4.79 Å². The highest BCUT2D eigenvalue weighted by atomic mass is 32.2. The minimum absolute atomic E-state index is 0.0568. The van der Waals surface area contributed by atoms with Crippen LogP contribution in [0, 0.1) is 11.3 Å². The van der Waals surface area contributed by atoms with Gasteiger partial charge >= 0.3 is 0 Å². The Morgan fingerprint density at radius 3 is 2.75 bits per heavy atom. The summed E-state index contributed by atoms with van der Waals surface area (Å²) in [4.78, 5) is 33.2. The van der Waals surface area contributed by atoms with Crippen LogP contribution in [0.2, 0.25) is 0 Å². The van der Waals surface area contributed by atoms with Crippen molar-refractivity contribution in [3.05, 3.63) is 49.5 Å². The first-order valence-electron chi connectivity index (χ1n) is 10.7. The van der Waals surface area contributed by atoms with Crippen LogP contribution in [0.3, 0.4) is 0 Å². The molecular weight excluding hydrogens is 460 g/mol. The zero-order valence-electron chi connectivity index (χ0n) is 17.5. The number of nitriles is 1. The van der Waals surface area contributed by atoms with Crippen molar-refractivity contribution in [3.63, 3.8) is 0 Å². The molecule has 0 aromatic carbocycles. The van der Waals surface area contributed by atoms with E-state index in [2.05, 4.69) is 18.0 Å². The number of amides is 1. The third-order valence-corrected chi connectivity index (χ3v) is 9.40. The molecule has 3 aromatic heterocycles. The molecule has 6 nitrogen and oxygen atoms in total. The minimum Gasteiger partial charge on any atom is -0.316 e. The summed E-state index contributed by atoms with van der Waals surface area (Å²) in [7, 11) is 0. The van der Waals surface area contributed by atoms with Crippen LogP contribution in [-0.4, -0.2) is 21.2 Å². The smallest absolute Gasteiger partial charge is 0.272 e. The molecule has 0 spiro atoms. The summed E-state index contributed by atoms with van der Waals surface area (Å²) in [6.07, 6.45) is 8.86. The molecule has 0 saturated heterocycles. The van der Waals surface area contributed by atoms with Gasteiger partial charge in [-0.1, -0.05) is 17.8 Å². The molecule has 164 valence electrons. The summed E-state index contributed by atoms with van der Waals surface area (Å²) >= 11 is 4.34. The first-order valence-corrected chi connectivity index (χ1v) is 13.4. The molecule has 0 atom stereocenters. The maximum atomic E-state index is 13.2. The van der Waals surface area contributed by atoms with Gasteiger partial charge in [-0.05, 0) is 56.1 Å². The number of aromatic nitrogens is 2. The number of hydrogen-bond acceptors (Lipinski definition) is 7. The van der Waals surface area contributed by atoms with Crippen molar-refractivity contribution in [1.29, 1.82) is 5.26 Å². The van der Waals surface area contributed by atoms with Crippen molar-refractivity contribution in [2.75, 3.05) is 11.1 Å². The van der Waals surface area contributed by atoms with Gasteiger partial charge in [0.15, 0.2) is 5.16 Å². The second-order valence-corrected chi connectivity index (χ2v) is 11.2. The number of thiophene rings is 2. The molecule has 1 amide bonds. The molecule has 0 saturated carbocycles. The first kappa shape index (κ1) is 21.4. The van der Waals surface area contributed by atoms with E-state index in [1.165, 1.54) is 38.4 Å². The molecule has 9 heteroatoms. The predicted octanol–water partition coefficient (Wildman–Crippen LogP) is 4.68. The molecule has 3 aromatic rings. The van der Waals surface area contributed by atoms with Crippen LogP contribution in [0.15, 0.2) is 22.6 Å². The van der Waals surface area contributed by atoms with Gasteiger partial charge in [-0.15, -0.1) is 29.3 Å². The van der Waals surface area contributed by atoms with Crippen LogP contribution in [0.4, 0.5) is 5.00 Å². The van der Waals surface area contributed by atoms with Gasteiger partial charge in [0.1, 0.15) is 15.8 Å². The number of rotatable bonds is 6. The molecule has 3 heterocycles. The van der Waals surface area contributed by atoms with Gasteiger partial charge in [0.25, 0.3) is 5.56 Å². The van der Waals surface area contributed by atoms with E-state index < -0.39 is 0 Å². The summed E-state index contributed by atoms with van der Waals surface area (Å²) in [5, 5.41) is 13.6. The number of fused-ring (bicyclic) bond motifs is 4. The average molecular weight is 483 g/mol. The van der Waals surface area contributed by atoms with E-state index in [1.807, 2.05) is 0 Å². The fraction of sp³-hybridized carbons (Fsp3) is 0.391. The van der Waals surface area contributed by atoms with Gasteiger partial charge in [-0.3, -0.25) is 14.2 Å². The van der Waals surface area contributed by atoms with Crippen LogP contribution in [-0.2, 0) is 37.0 Å². The number of nitrogens with one attached hydrogen (secondary N) is 1. The van der Waals surface area contributed by atoms with Crippen LogP contribution >= 0.6 is 34.4 Å². The maximum Gasteiger partial charge on any atom is 0.272 e. The Morgan fingerprint density at radius 1 is 1.19 bits per heavy atom. The van der Waals surface area contributed by atoms with Crippen molar-refractivity contribution >= 4 is 55.6 Å². The van der Waals surface area contributed by atoms with E-state index in [1.54, 1.807) is 22.0 Å². The molecule has 0 aliphatic heterocycles. The number of anilines is 1. The summed E-state index contributed by atoms with van der Waals surface area (Å²) in [6.45, 7) is 4.13. The normalized spacial score (nSPS) is 14.7. The standard InChI is InChI=1S/C23H22N4O2S3/c1-2-10-27-22(29)20-19(14-6-3-4-8-17(14)31-20)26-23(27)30-12-18(28)25-21-15(11-24)13-7-5-9-16(13)32-21/h2H,1,3-10,12H2,(H,25,28). The molecular formula is C23H22N4O2S3. The number of hydrogen-bond donors (Lipinski definition) is 1. The van der Waals surface area contributed by atoms with Crippen molar-refractivity contribution in [1.82, 2.24) is 9.55 Å². The maximum absolute atomic E-state index is 13.2. The number of carbonyl (C=O) groups excluding carboxylic acids is 1. The summed E-state index contributed by atoms with van der Waals surface area (Å²) in [5.74, 6) is -0.0762. The van der Waals surface area contributed by atoms with Crippen LogP contribution in [0.25, 0.3) is 10.2 Å². The highest BCUT2D eigenvalue weighted by molar-refractivity contribution is 7.99. The summed E-state index contributed by atoms with van der Waals surface area (Å²) < 4.78 is 2.31. The first-order chi connectivity index (χ1) is 15.6. The molecule has 0 fully saturated rings. The highest BCUT2D eigenvalue weighted by Crippen LogP contribution is 2.39. The Balaban J connectivity index is 1.41. The van der Waals surface area contributed by atoms with Gasteiger partial charge in [-0.2, -0.15) is 5.26 Å². The quantitative estimate of drug-likeness (QED) is 0.313. The molecule has 0 unspecified atom stereocenters. The van der Waals surface area contributed by atoms with Crippen LogP contribution < -0.4 is 10.9 Å². The van der Waals surface area contributed by atoms with Gasteiger partial charge in [-0.25, -0.2) is 4.98 Å². The molecule has 1 N–H and O–H groups in total. The Labute approximate surface area is 198 Å². The lowest BCUT2D eigenvalue weighted by Gasteiger charge is -2.12. The van der Waals surface area contributed by atoms with Crippen molar-refractivity contribution in [3.8, 4) is 6.07 Å². The Hall–Kier alpha value is -2.41. The zero-order chi connectivity index (χ0) is 22.2. The van der Waals surface area contributed by atoms with E-state index in [0.717, 1.165) is 56.0 Å². The van der Waals surface area contributed by atoms with Gasteiger partial charge in [0.2, 0.25) is 5.91 Å². The van der Waals surface area contributed by atoms with Gasteiger partial charge in [0.05, 0.1) is 16.8 Å². The Kier molecular flexibility index (Phi) is 5.93. The minimum atomic E-state index is -0.196. The molecule has 5 rings (SSSR count). The predicted molar refractivity (Wildman–Crippen MR) is 131 cm³/mol.